The van der Waals surface area contributed by atoms with Gasteiger partial charge in [-0.2, -0.15) is 17.4 Å². The number of imidazole rings is 1. The molecule has 0 aliphatic rings. The number of nitrogens with one attached hydrogen (secondary N) is 1. The highest BCUT2D eigenvalue weighted by Crippen LogP contribution is 2.07. The second kappa shape index (κ2) is 2.77. The fraction of sp³-hybridized carbons (Fsp3) is 0. The van der Waals surface area contributed by atoms with Crippen molar-refractivity contribution < 1.29 is 13.0 Å². The van der Waals surface area contributed by atoms with E-state index in [1.165, 1.54) is 0 Å². The Labute approximate surface area is 82.5 Å². The zero-order valence-corrected chi connectivity index (χ0v) is 7.89. The zero-order valence-electron chi connectivity index (χ0n) is 7.08. The molecular formula is C5H5N5O4S. The Kier molecular flexibility index (Phi) is 1.78. The van der Waals surface area contributed by atoms with Crippen molar-refractivity contribution in [2.24, 2.45) is 0 Å². The average Bonchev–Trinajstić information content (AvgIpc) is 2.45. The summed E-state index contributed by atoms with van der Waals surface area (Å²) in [6, 6.07) is 0. The minimum atomic E-state index is -4.54. The second-order valence-corrected chi connectivity index (χ2v) is 3.93. The van der Waals surface area contributed by atoms with Crippen LogP contribution in [-0.4, -0.2) is 31.9 Å². The summed E-state index contributed by atoms with van der Waals surface area (Å²) in [6.07, 6.45) is 0.766. The summed E-state index contributed by atoms with van der Waals surface area (Å²) in [4.78, 5) is 20.4. The number of nitrogens with zero attached hydrogens (tertiary/aromatic N) is 3. The van der Waals surface area contributed by atoms with Crippen LogP contribution in [0.2, 0.25) is 0 Å². The van der Waals surface area contributed by atoms with Crippen molar-refractivity contribution in [1.82, 2.24) is 18.9 Å². The lowest BCUT2D eigenvalue weighted by atomic mass is 10.5. The Morgan fingerprint density at radius 2 is 2.20 bits per heavy atom. The van der Waals surface area contributed by atoms with Crippen molar-refractivity contribution in [2.45, 2.75) is 0 Å². The first kappa shape index (κ1) is 9.61. The molecule has 0 aliphatic heterocycles. The molecule has 2 heterocycles. The zero-order chi connectivity index (χ0) is 11.2. The Bertz CT molecular complexity index is 683. The summed E-state index contributed by atoms with van der Waals surface area (Å²) in [5.41, 5.74) is 3.99. The Morgan fingerprint density at radius 3 is 2.80 bits per heavy atom. The molecule has 2 aromatic heterocycles. The van der Waals surface area contributed by atoms with Crippen molar-refractivity contribution >= 4 is 27.4 Å². The van der Waals surface area contributed by atoms with E-state index >= 15 is 0 Å². The van der Waals surface area contributed by atoms with E-state index in [9.17, 15) is 13.2 Å². The minimum absolute atomic E-state index is 0.221. The van der Waals surface area contributed by atoms with Crippen molar-refractivity contribution in [1.29, 1.82) is 0 Å². The largest absolute Gasteiger partial charge is 0.369 e. The van der Waals surface area contributed by atoms with Gasteiger partial charge in [-0.25, -0.2) is 4.98 Å². The summed E-state index contributed by atoms with van der Waals surface area (Å²) in [5.74, 6) is -0.266. The van der Waals surface area contributed by atoms with Crippen molar-refractivity contribution in [2.75, 3.05) is 5.73 Å². The van der Waals surface area contributed by atoms with Gasteiger partial charge in [0, 0.05) is 0 Å². The van der Waals surface area contributed by atoms with Crippen molar-refractivity contribution in [3.8, 4) is 0 Å². The second-order valence-electron chi connectivity index (χ2n) is 2.64. The topological polar surface area (TPSA) is 144 Å². The van der Waals surface area contributed by atoms with E-state index in [1.807, 2.05) is 0 Å². The van der Waals surface area contributed by atoms with Crippen molar-refractivity contribution in [3.05, 3.63) is 16.7 Å². The van der Waals surface area contributed by atoms with Crippen LogP contribution in [0, 0.1) is 0 Å². The number of nitrogens with two attached hydrogens (primary N) is 1. The molecule has 2 rings (SSSR count). The minimum Gasteiger partial charge on any atom is -0.369 e. The van der Waals surface area contributed by atoms with Gasteiger partial charge in [0.2, 0.25) is 5.95 Å². The van der Waals surface area contributed by atoms with E-state index in [-0.39, 0.29) is 17.1 Å². The van der Waals surface area contributed by atoms with Gasteiger partial charge in [-0.05, 0) is 0 Å². The number of rotatable bonds is 1. The third-order valence-electron chi connectivity index (χ3n) is 1.64. The molecule has 0 aliphatic carbocycles. The third-order valence-corrected chi connectivity index (χ3v) is 2.41. The highest BCUT2D eigenvalue weighted by Gasteiger charge is 2.16. The van der Waals surface area contributed by atoms with E-state index in [2.05, 4.69) is 15.0 Å². The molecule has 2 aromatic rings. The maximum Gasteiger partial charge on any atom is 0.366 e. The van der Waals surface area contributed by atoms with Crippen LogP contribution in [0.1, 0.15) is 0 Å². The molecule has 0 amide bonds. The molecule has 4 N–H and O–H groups in total. The molecule has 0 aromatic carbocycles. The first-order chi connectivity index (χ1) is 6.89. The maximum absolute atomic E-state index is 11.2. The van der Waals surface area contributed by atoms with Crippen LogP contribution in [-0.2, 0) is 10.3 Å². The smallest absolute Gasteiger partial charge is 0.366 e. The van der Waals surface area contributed by atoms with Crippen LogP contribution in [0.3, 0.4) is 0 Å². The summed E-state index contributed by atoms with van der Waals surface area (Å²) in [7, 11) is -4.54. The number of nitrogen functional groups attached to an aromatic ring is 1. The van der Waals surface area contributed by atoms with Gasteiger partial charge in [-0.15, -0.1) is 0 Å². The number of hydrogen-bond acceptors (Lipinski definition) is 6. The standard InChI is InChI=1S/C5H5N5O4S/c6-5-8-3-2(4(11)9-5)7-1-10(3)15(12,13)14/h1H,(H,12,13,14)(H3,6,8,9,11). The van der Waals surface area contributed by atoms with Crippen molar-refractivity contribution in [3.63, 3.8) is 0 Å². The molecule has 9 nitrogen and oxygen atoms in total. The first-order valence-electron chi connectivity index (χ1n) is 3.60. The maximum atomic E-state index is 11.2. The molecule has 0 radical (unpaired) electrons. The number of H-pyrrole nitrogens is 1. The predicted molar refractivity (Wildman–Crippen MR) is 49.5 cm³/mol. The molecule has 0 saturated carbocycles. The first-order valence-corrected chi connectivity index (χ1v) is 5.00. The van der Waals surface area contributed by atoms with Gasteiger partial charge in [0.05, 0.1) is 0 Å². The molecule has 0 fully saturated rings. The molecule has 80 valence electrons. The summed E-state index contributed by atoms with van der Waals surface area (Å²) >= 11 is 0. The lowest BCUT2D eigenvalue weighted by Crippen LogP contribution is -2.15. The highest BCUT2D eigenvalue weighted by atomic mass is 32.2. The van der Waals surface area contributed by atoms with Gasteiger partial charge in [-0.3, -0.25) is 14.3 Å². The summed E-state index contributed by atoms with van der Waals surface area (Å²) in [5, 5.41) is 0. The molecule has 0 saturated heterocycles. The monoisotopic (exact) mass is 231 g/mol. The van der Waals surface area contributed by atoms with E-state index < -0.39 is 15.9 Å². The van der Waals surface area contributed by atoms with E-state index in [0.29, 0.717) is 3.97 Å². The molecule has 15 heavy (non-hydrogen) atoms. The molecule has 10 heteroatoms. The summed E-state index contributed by atoms with van der Waals surface area (Å²) < 4.78 is 30.7. The van der Waals surface area contributed by atoms with E-state index in [0.717, 1.165) is 6.33 Å². The summed E-state index contributed by atoms with van der Waals surface area (Å²) in [6.45, 7) is 0. The van der Waals surface area contributed by atoms with Gasteiger partial charge < -0.3 is 5.73 Å². The van der Waals surface area contributed by atoms with Crippen LogP contribution in [0.25, 0.3) is 11.2 Å². The number of hydrogen-bond donors (Lipinski definition) is 3. The Hall–Kier alpha value is -1.94. The fourth-order valence-corrected chi connectivity index (χ4v) is 1.59. The quantitative estimate of drug-likeness (QED) is 0.499. The predicted octanol–water partition coefficient (Wildman–Crippen LogP) is -1.65. The average molecular weight is 231 g/mol. The lowest BCUT2D eigenvalue weighted by Gasteiger charge is -1.97. The lowest BCUT2D eigenvalue weighted by molar-refractivity contribution is 0.474. The van der Waals surface area contributed by atoms with Crippen LogP contribution in [0.15, 0.2) is 11.1 Å². The van der Waals surface area contributed by atoms with Crippen LogP contribution < -0.4 is 11.3 Å². The van der Waals surface area contributed by atoms with Gasteiger partial charge >= 0.3 is 10.3 Å². The number of fused-ring (bicyclic) bond motifs is 1. The van der Waals surface area contributed by atoms with Gasteiger partial charge in [0.15, 0.2) is 11.2 Å². The fourth-order valence-electron chi connectivity index (χ4n) is 1.08. The number of aromatic nitrogens is 4. The SMILES string of the molecule is Nc1nc2c(ncn2S(=O)(=O)O)c(=O)[nH]1. The normalized spacial score (nSPS) is 12.1. The number of aromatic amines is 1. The Morgan fingerprint density at radius 1 is 1.53 bits per heavy atom. The number of anilines is 1. The van der Waals surface area contributed by atoms with E-state index in [4.69, 9.17) is 10.3 Å². The Balaban J connectivity index is 2.99. The van der Waals surface area contributed by atoms with Crippen LogP contribution in [0.5, 0.6) is 0 Å². The van der Waals surface area contributed by atoms with Gasteiger partial charge in [0.1, 0.15) is 6.33 Å². The van der Waals surface area contributed by atoms with E-state index in [1.54, 1.807) is 0 Å². The van der Waals surface area contributed by atoms with Crippen LogP contribution >= 0.6 is 0 Å². The molecule has 0 bridgehead atoms. The van der Waals surface area contributed by atoms with Gasteiger partial charge in [-0.1, -0.05) is 0 Å². The molecule has 0 spiro atoms. The third kappa shape index (κ3) is 1.45. The molecule has 0 atom stereocenters. The highest BCUT2D eigenvalue weighted by molar-refractivity contribution is 7.84. The molecular weight excluding hydrogens is 226 g/mol. The van der Waals surface area contributed by atoms with Gasteiger partial charge in [0.25, 0.3) is 5.56 Å². The molecule has 0 unspecified atom stereocenters. The van der Waals surface area contributed by atoms with Crippen LogP contribution in [0.4, 0.5) is 5.95 Å².